The fraction of sp³-hybridized carbons (Fsp3) is 0.550. The molecule has 28 heavy (non-hydrogen) atoms. The van der Waals surface area contributed by atoms with E-state index in [2.05, 4.69) is 17.1 Å². The maximum Gasteiger partial charge on any atom is 0.300 e. The fourth-order valence-corrected chi connectivity index (χ4v) is 3.14. The van der Waals surface area contributed by atoms with Gasteiger partial charge in [0.15, 0.2) is 0 Å². The van der Waals surface area contributed by atoms with Gasteiger partial charge in [-0.2, -0.15) is 0 Å². The highest BCUT2D eigenvalue weighted by molar-refractivity contribution is 6.06. The van der Waals surface area contributed by atoms with Crippen molar-refractivity contribution in [1.29, 1.82) is 0 Å². The summed E-state index contributed by atoms with van der Waals surface area (Å²) in [6.07, 6.45) is 2.07. The second-order valence-corrected chi connectivity index (χ2v) is 6.80. The van der Waals surface area contributed by atoms with E-state index in [1.54, 1.807) is 0 Å². The number of hydrogen-bond acceptors (Lipinski definition) is 6. The lowest BCUT2D eigenvalue weighted by atomic mass is 10.2. The number of nitrogens with zero attached hydrogens (tertiary/aromatic N) is 2. The van der Waals surface area contributed by atoms with Gasteiger partial charge in [0.2, 0.25) is 5.91 Å². The zero-order chi connectivity index (χ0) is 20.5. The van der Waals surface area contributed by atoms with Crippen LogP contribution in [0.1, 0.15) is 33.1 Å². The normalized spacial score (nSPS) is 19.3. The Morgan fingerprint density at radius 2 is 1.82 bits per heavy atom. The molecule has 1 aromatic carbocycles. The van der Waals surface area contributed by atoms with Crippen molar-refractivity contribution in [2.75, 3.05) is 43.1 Å². The SMILES string of the molecule is CC(=O)O.CCCCN1C(=O)CC(Nc2ccc(N3CCOCC3)cc2)C1=O. The molecule has 8 heteroatoms. The Morgan fingerprint density at radius 1 is 1.21 bits per heavy atom. The monoisotopic (exact) mass is 391 g/mol. The predicted molar refractivity (Wildman–Crippen MR) is 106 cm³/mol. The molecule has 2 amide bonds. The molecule has 1 atom stereocenters. The number of unbranched alkanes of at least 4 members (excludes halogenated alkanes) is 1. The van der Waals surface area contributed by atoms with Crippen LogP contribution in [0, 0.1) is 0 Å². The van der Waals surface area contributed by atoms with Crippen LogP contribution in [0.2, 0.25) is 0 Å². The van der Waals surface area contributed by atoms with Crippen molar-refractivity contribution in [3.8, 4) is 0 Å². The van der Waals surface area contributed by atoms with Crippen LogP contribution in [0.5, 0.6) is 0 Å². The summed E-state index contributed by atoms with van der Waals surface area (Å²) in [6, 6.07) is 7.59. The number of ether oxygens (including phenoxy) is 1. The number of rotatable bonds is 6. The Balaban J connectivity index is 0.000000640. The van der Waals surface area contributed by atoms with Crippen molar-refractivity contribution < 1.29 is 24.2 Å². The summed E-state index contributed by atoms with van der Waals surface area (Å²) in [7, 11) is 0. The summed E-state index contributed by atoms with van der Waals surface area (Å²) in [5.41, 5.74) is 2.03. The largest absolute Gasteiger partial charge is 0.481 e. The third kappa shape index (κ3) is 6.23. The first-order chi connectivity index (χ1) is 13.4. The number of amides is 2. The summed E-state index contributed by atoms with van der Waals surface area (Å²) in [4.78, 5) is 37.0. The Hall–Kier alpha value is -2.61. The number of morpholine rings is 1. The first-order valence-electron chi connectivity index (χ1n) is 9.65. The molecule has 0 aromatic heterocycles. The molecule has 0 radical (unpaired) electrons. The molecule has 2 N–H and O–H groups in total. The van der Waals surface area contributed by atoms with Crippen LogP contribution in [0.3, 0.4) is 0 Å². The van der Waals surface area contributed by atoms with Crippen LogP contribution < -0.4 is 10.2 Å². The molecular weight excluding hydrogens is 362 g/mol. The van der Waals surface area contributed by atoms with Gasteiger partial charge < -0.3 is 20.1 Å². The molecule has 154 valence electrons. The number of benzene rings is 1. The lowest BCUT2D eigenvalue weighted by Crippen LogP contribution is -2.36. The number of carboxylic acids is 1. The molecule has 2 saturated heterocycles. The van der Waals surface area contributed by atoms with Crippen LogP contribution in [-0.4, -0.2) is 66.7 Å². The molecule has 8 nitrogen and oxygen atoms in total. The van der Waals surface area contributed by atoms with Crippen molar-refractivity contribution in [2.24, 2.45) is 0 Å². The summed E-state index contributed by atoms with van der Waals surface area (Å²) >= 11 is 0. The Morgan fingerprint density at radius 3 is 2.39 bits per heavy atom. The summed E-state index contributed by atoms with van der Waals surface area (Å²) in [6.45, 7) is 6.97. The Kier molecular flexibility index (Phi) is 8.25. The zero-order valence-electron chi connectivity index (χ0n) is 16.5. The highest BCUT2D eigenvalue weighted by Gasteiger charge is 2.37. The standard InChI is InChI=1S/C18H25N3O3.C2H4O2/c1-2-3-8-21-17(22)13-16(18(21)23)19-14-4-6-15(7-5-14)20-9-11-24-12-10-20;1-2(3)4/h4-7,16,19H,2-3,8-13H2,1H3;1H3,(H,3,4). The van der Waals surface area contributed by atoms with Crippen molar-refractivity contribution in [2.45, 2.75) is 39.2 Å². The maximum atomic E-state index is 12.4. The van der Waals surface area contributed by atoms with Crippen LogP contribution in [0.15, 0.2) is 24.3 Å². The summed E-state index contributed by atoms with van der Waals surface area (Å²) < 4.78 is 5.37. The average Bonchev–Trinajstić information content (AvgIpc) is 2.94. The molecule has 3 rings (SSSR count). The van der Waals surface area contributed by atoms with E-state index in [9.17, 15) is 9.59 Å². The predicted octanol–water partition coefficient (Wildman–Crippen LogP) is 1.95. The molecule has 2 aliphatic rings. The summed E-state index contributed by atoms with van der Waals surface area (Å²) in [5.74, 6) is -1.01. The van der Waals surface area contributed by atoms with E-state index >= 15 is 0 Å². The lowest BCUT2D eigenvalue weighted by Gasteiger charge is -2.29. The van der Waals surface area contributed by atoms with Gasteiger partial charge in [0, 0.05) is 37.9 Å². The van der Waals surface area contributed by atoms with Crippen LogP contribution in [0.25, 0.3) is 0 Å². The van der Waals surface area contributed by atoms with Crippen molar-refractivity contribution >= 4 is 29.2 Å². The van der Waals surface area contributed by atoms with Gasteiger partial charge >= 0.3 is 0 Å². The van der Waals surface area contributed by atoms with E-state index in [1.807, 2.05) is 24.3 Å². The minimum absolute atomic E-state index is 0.0733. The molecule has 0 bridgehead atoms. The number of carboxylic acid groups (broad SMARTS) is 1. The van der Waals surface area contributed by atoms with Gasteiger partial charge in [-0.3, -0.25) is 19.3 Å². The van der Waals surface area contributed by atoms with E-state index < -0.39 is 12.0 Å². The molecular formula is C20H29N3O5. The third-order valence-electron chi connectivity index (χ3n) is 4.56. The highest BCUT2D eigenvalue weighted by Crippen LogP contribution is 2.22. The lowest BCUT2D eigenvalue weighted by molar-refractivity contribution is -0.138. The summed E-state index contributed by atoms with van der Waals surface area (Å²) in [5, 5.41) is 10.6. The van der Waals surface area contributed by atoms with E-state index in [-0.39, 0.29) is 18.2 Å². The van der Waals surface area contributed by atoms with E-state index in [4.69, 9.17) is 14.6 Å². The third-order valence-corrected chi connectivity index (χ3v) is 4.56. The number of anilines is 2. The number of imide groups is 1. The van der Waals surface area contributed by atoms with Gasteiger partial charge in [0.25, 0.3) is 11.9 Å². The van der Waals surface area contributed by atoms with E-state index in [0.29, 0.717) is 6.54 Å². The molecule has 1 unspecified atom stereocenters. The van der Waals surface area contributed by atoms with Crippen LogP contribution >= 0.6 is 0 Å². The Labute approximate surface area is 165 Å². The van der Waals surface area contributed by atoms with Gasteiger partial charge in [-0.05, 0) is 30.7 Å². The molecule has 2 aliphatic heterocycles. The van der Waals surface area contributed by atoms with Crippen molar-refractivity contribution in [1.82, 2.24) is 4.90 Å². The second kappa shape index (κ2) is 10.7. The molecule has 0 aliphatic carbocycles. The first kappa shape index (κ1) is 21.7. The number of nitrogens with one attached hydrogen (secondary N) is 1. The van der Waals surface area contributed by atoms with E-state index in [1.165, 1.54) is 4.90 Å². The maximum absolute atomic E-state index is 12.4. The first-order valence-corrected chi connectivity index (χ1v) is 9.65. The molecule has 2 heterocycles. The Bertz CT molecular complexity index is 667. The molecule has 0 spiro atoms. The topological polar surface area (TPSA) is 99.2 Å². The minimum atomic E-state index is -0.833. The van der Waals surface area contributed by atoms with Gasteiger partial charge in [-0.25, -0.2) is 0 Å². The molecule has 0 saturated carbocycles. The van der Waals surface area contributed by atoms with Gasteiger partial charge in [0.1, 0.15) is 6.04 Å². The quantitative estimate of drug-likeness (QED) is 0.715. The fourth-order valence-electron chi connectivity index (χ4n) is 3.14. The van der Waals surface area contributed by atoms with Gasteiger partial charge in [0.05, 0.1) is 19.6 Å². The molecule has 2 fully saturated rings. The number of carbonyl (C=O) groups excluding carboxylic acids is 2. The number of carbonyl (C=O) groups is 3. The van der Waals surface area contributed by atoms with Gasteiger partial charge in [-0.15, -0.1) is 0 Å². The smallest absolute Gasteiger partial charge is 0.300 e. The molecule has 1 aromatic rings. The van der Waals surface area contributed by atoms with Crippen LogP contribution in [-0.2, 0) is 19.1 Å². The van der Waals surface area contributed by atoms with Crippen molar-refractivity contribution in [3.05, 3.63) is 24.3 Å². The van der Waals surface area contributed by atoms with Crippen LogP contribution in [0.4, 0.5) is 11.4 Å². The van der Waals surface area contributed by atoms with Gasteiger partial charge in [-0.1, -0.05) is 13.3 Å². The minimum Gasteiger partial charge on any atom is -0.481 e. The highest BCUT2D eigenvalue weighted by atomic mass is 16.5. The number of likely N-dealkylation sites (tertiary alicyclic amines) is 1. The average molecular weight is 391 g/mol. The van der Waals surface area contributed by atoms with E-state index in [0.717, 1.165) is 57.4 Å². The van der Waals surface area contributed by atoms with Crippen molar-refractivity contribution in [3.63, 3.8) is 0 Å². The number of hydrogen-bond donors (Lipinski definition) is 2. The second-order valence-electron chi connectivity index (χ2n) is 6.80. The zero-order valence-corrected chi connectivity index (χ0v) is 16.5. The number of aliphatic carboxylic acids is 1.